The fourth-order valence-corrected chi connectivity index (χ4v) is 6.85. The SMILES string of the molecule is N#C/C(=C\c1ccc(-c2ccc3cc(NCCN4CCOCC4)ccc3c2)s1)S(=O)(=O)NC[C@H]1OCC[C@@H](O)[C@@H]1O. The Hall–Kier alpha value is -2.86. The van der Waals surface area contributed by atoms with E-state index < -0.39 is 33.2 Å². The normalized spacial score (nSPS) is 22.5. The second kappa shape index (κ2) is 13.4. The van der Waals surface area contributed by atoms with Gasteiger partial charge in [0.25, 0.3) is 10.0 Å². The van der Waals surface area contributed by atoms with Gasteiger partial charge in [-0.3, -0.25) is 4.90 Å². The van der Waals surface area contributed by atoms with Crippen LogP contribution in [0.3, 0.4) is 0 Å². The molecule has 0 spiro atoms. The van der Waals surface area contributed by atoms with Gasteiger partial charge in [0.2, 0.25) is 0 Å². The van der Waals surface area contributed by atoms with Crippen molar-refractivity contribution in [1.29, 1.82) is 5.26 Å². The van der Waals surface area contributed by atoms with Crippen molar-refractivity contribution < 1.29 is 28.1 Å². The molecule has 0 amide bonds. The highest BCUT2D eigenvalue weighted by atomic mass is 32.2. The van der Waals surface area contributed by atoms with Crippen LogP contribution in [0.5, 0.6) is 0 Å². The number of thiophene rings is 1. The highest BCUT2D eigenvalue weighted by Gasteiger charge is 2.32. The van der Waals surface area contributed by atoms with Gasteiger partial charge in [-0.2, -0.15) is 5.26 Å². The van der Waals surface area contributed by atoms with Gasteiger partial charge in [0, 0.05) is 54.8 Å². The molecular weight excluding hydrogens is 564 g/mol. The van der Waals surface area contributed by atoms with Gasteiger partial charge >= 0.3 is 0 Å². The number of morpholine rings is 1. The Bertz CT molecular complexity index is 1530. The Morgan fingerprint density at radius 2 is 1.88 bits per heavy atom. The van der Waals surface area contributed by atoms with Crippen molar-refractivity contribution in [3.05, 3.63) is 58.3 Å². The number of anilines is 1. The highest BCUT2D eigenvalue weighted by molar-refractivity contribution is 7.93. The maximum atomic E-state index is 12.8. The van der Waals surface area contributed by atoms with Crippen molar-refractivity contribution in [1.82, 2.24) is 9.62 Å². The van der Waals surface area contributed by atoms with Crippen LogP contribution < -0.4 is 10.0 Å². The summed E-state index contributed by atoms with van der Waals surface area (Å²) >= 11 is 1.39. The molecule has 2 aliphatic heterocycles. The summed E-state index contributed by atoms with van der Waals surface area (Å²) < 4.78 is 38.7. The fourth-order valence-electron chi connectivity index (χ4n) is 4.88. The van der Waals surface area contributed by atoms with Crippen LogP contribution in [0, 0.1) is 11.3 Å². The molecule has 0 aliphatic carbocycles. The van der Waals surface area contributed by atoms with Crippen molar-refractivity contribution >= 4 is 43.9 Å². The van der Waals surface area contributed by atoms with Gasteiger partial charge < -0.3 is 25.0 Å². The summed E-state index contributed by atoms with van der Waals surface area (Å²) in [4.78, 5) is 3.51. The number of benzene rings is 2. The van der Waals surface area contributed by atoms with Gasteiger partial charge in [0.1, 0.15) is 12.2 Å². The van der Waals surface area contributed by atoms with E-state index in [2.05, 4.69) is 45.3 Å². The molecule has 2 saturated heterocycles. The fraction of sp³-hybridized carbons (Fsp3) is 0.414. The van der Waals surface area contributed by atoms with Crippen LogP contribution in [0.2, 0.25) is 0 Å². The van der Waals surface area contributed by atoms with Crippen molar-refractivity contribution in [3.8, 4) is 16.5 Å². The summed E-state index contributed by atoms with van der Waals surface area (Å²) in [6, 6.07) is 17.9. The molecule has 0 saturated carbocycles. The molecule has 4 N–H and O–H groups in total. The molecule has 1 aromatic heterocycles. The lowest BCUT2D eigenvalue weighted by Gasteiger charge is -2.31. The van der Waals surface area contributed by atoms with Crippen LogP contribution in [0.15, 0.2) is 53.4 Å². The minimum atomic E-state index is -4.14. The Morgan fingerprint density at radius 3 is 2.68 bits per heavy atom. The van der Waals surface area contributed by atoms with Crippen LogP contribution in [0.4, 0.5) is 5.69 Å². The molecule has 3 heterocycles. The third-order valence-corrected chi connectivity index (χ3v) is 9.70. The standard InChI is InChI=1S/C29H34N4O6S2/c30-18-25(41(36,37)32-19-27-29(35)26(34)7-12-39-27)17-24-5-6-28(40-24)22-2-1-21-16-23(4-3-20(21)15-22)31-8-9-33-10-13-38-14-11-33/h1-6,15-17,26-27,29,31-32,34-35H,7-14,19H2/b25-17+/t26-,27-,29+/m1/s1. The highest BCUT2D eigenvalue weighted by Crippen LogP contribution is 2.32. The van der Waals surface area contributed by atoms with E-state index in [1.54, 1.807) is 12.1 Å². The number of ether oxygens (including phenoxy) is 2. The monoisotopic (exact) mass is 598 g/mol. The molecule has 218 valence electrons. The van der Waals surface area contributed by atoms with Crippen LogP contribution in [0.1, 0.15) is 11.3 Å². The average Bonchev–Trinajstić information content (AvgIpc) is 3.45. The zero-order valence-corrected chi connectivity index (χ0v) is 24.2. The number of hydrogen-bond acceptors (Lipinski definition) is 10. The van der Waals surface area contributed by atoms with Gasteiger partial charge in [0.15, 0.2) is 4.91 Å². The number of nitrogens with zero attached hydrogens (tertiary/aromatic N) is 2. The molecule has 0 radical (unpaired) electrons. The van der Waals surface area contributed by atoms with Crippen molar-refractivity contribution in [2.24, 2.45) is 0 Å². The minimum Gasteiger partial charge on any atom is -0.390 e. The van der Waals surface area contributed by atoms with Gasteiger partial charge in [-0.25, -0.2) is 13.1 Å². The zero-order chi connectivity index (χ0) is 28.8. The Balaban J connectivity index is 1.23. The number of allylic oxidation sites excluding steroid dienone is 1. The number of nitriles is 1. The minimum absolute atomic E-state index is 0.214. The van der Waals surface area contributed by atoms with E-state index in [0.717, 1.165) is 66.3 Å². The largest absolute Gasteiger partial charge is 0.390 e. The van der Waals surface area contributed by atoms with E-state index in [-0.39, 0.29) is 19.6 Å². The number of aliphatic hydroxyl groups is 2. The van der Waals surface area contributed by atoms with Crippen molar-refractivity contribution in [2.75, 3.05) is 57.9 Å². The first-order chi connectivity index (χ1) is 19.8. The number of hydrogen-bond donors (Lipinski definition) is 4. The number of nitrogens with one attached hydrogen (secondary N) is 2. The Kier molecular flexibility index (Phi) is 9.69. The first-order valence-electron chi connectivity index (χ1n) is 13.6. The number of fused-ring (bicyclic) bond motifs is 1. The molecule has 2 aromatic carbocycles. The Morgan fingerprint density at radius 1 is 1.10 bits per heavy atom. The summed E-state index contributed by atoms with van der Waals surface area (Å²) in [5, 5.41) is 35.1. The molecule has 10 nitrogen and oxygen atoms in total. The summed E-state index contributed by atoms with van der Waals surface area (Å²) in [6.07, 6.45) is -1.46. The van der Waals surface area contributed by atoms with Crippen molar-refractivity contribution in [3.63, 3.8) is 0 Å². The number of aliphatic hydroxyl groups excluding tert-OH is 2. The first kappa shape index (κ1) is 29.6. The number of rotatable bonds is 10. The molecule has 5 rings (SSSR count). The van der Waals surface area contributed by atoms with E-state index in [1.165, 1.54) is 17.4 Å². The van der Waals surface area contributed by atoms with E-state index in [4.69, 9.17) is 9.47 Å². The van der Waals surface area contributed by atoms with Gasteiger partial charge in [-0.1, -0.05) is 18.2 Å². The molecule has 2 aliphatic rings. The third-order valence-electron chi connectivity index (χ3n) is 7.28. The maximum absolute atomic E-state index is 12.8. The second-order valence-corrected chi connectivity index (χ2v) is 12.9. The van der Waals surface area contributed by atoms with E-state index >= 15 is 0 Å². The number of sulfonamides is 1. The summed E-state index contributed by atoms with van der Waals surface area (Å²) in [5.74, 6) is 0. The molecule has 0 unspecified atom stereocenters. The van der Waals surface area contributed by atoms with E-state index in [9.17, 15) is 23.9 Å². The lowest BCUT2D eigenvalue weighted by Crippen LogP contribution is -2.49. The van der Waals surface area contributed by atoms with Gasteiger partial charge in [0.05, 0.1) is 25.4 Å². The van der Waals surface area contributed by atoms with Crippen LogP contribution in [-0.2, 0) is 19.5 Å². The summed E-state index contributed by atoms with van der Waals surface area (Å²) in [6.45, 7) is 5.34. The quantitative estimate of drug-likeness (QED) is 0.259. The molecule has 0 bridgehead atoms. The van der Waals surface area contributed by atoms with Gasteiger partial charge in [-0.05, 0) is 59.2 Å². The summed E-state index contributed by atoms with van der Waals surface area (Å²) in [7, 11) is -4.14. The molecule has 3 aromatic rings. The predicted molar refractivity (Wildman–Crippen MR) is 160 cm³/mol. The summed E-state index contributed by atoms with van der Waals surface area (Å²) in [5.41, 5.74) is 2.07. The molecule has 2 fully saturated rings. The van der Waals surface area contributed by atoms with Crippen LogP contribution in [-0.4, -0.2) is 94.4 Å². The maximum Gasteiger partial charge on any atom is 0.250 e. The lowest BCUT2D eigenvalue weighted by molar-refractivity contribution is -0.131. The zero-order valence-electron chi connectivity index (χ0n) is 22.5. The Labute approximate surface area is 243 Å². The topological polar surface area (TPSA) is 144 Å². The molecule has 41 heavy (non-hydrogen) atoms. The smallest absolute Gasteiger partial charge is 0.250 e. The van der Waals surface area contributed by atoms with Gasteiger partial charge in [-0.15, -0.1) is 11.3 Å². The lowest BCUT2D eigenvalue weighted by atomic mass is 10.0. The van der Waals surface area contributed by atoms with Crippen LogP contribution >= 0.6 is 11.3 Å². The van der Waals surface area contributed by atoms with E-state index in [0.29, 0.717) is 4.88 Å². The first-order valence-corrected chi connectivity index (χ1v) is 15.9. The molecule has 3 atom stereocenters. The van der Waals surface area contributed by atoms with Crippen LogP contribution in [0.25, 0.3) is 27.3 Å². The average molecular weight is 599 g/mol. The van der Waals surface area contributed by atoms with Crippen molar-refractivity contribution in [2.45, 2.75) is 24.7 Å². The molecule has 12 heteroatoms. The molecular formula is C29H34N4O6S2. The predicted octanol–water partition coefficient (Wildman–Crippen LogP) is 2.61. The third kappa shape index (κ3) is 7.51. The van der Waals surface area contributed by atoms with E-state index in [1.807, 2.05) is 12.1 Å². The second-order valence-electron chi connectivity index (χ2n) is 10.1.